The van der Waals surface area contributed by atoms with E-state index in [9.17, 15) is 24.9 Å². The lowest BCUT2D eigenvalue weighted by molar-refractivity contribution is -0.139. The van der Waals surface area contributed by atoms with E-state index in [0.29, 0.717) is 70.8 Å². The number of benzene rings is 2. The van der Waals surface area contributed by atoms with Crippen molar-refractivity contribution in [2.75, 3.05) is 39.6 Å². The summed E-state index contributed by atoms with van der Waals surface area (Å²) in [6, 6.07) is 9.28. The number of halogens is 1. The Hall–Kier alpha value is -3.53. The Morgan fingerprint density at radius 3 is 1.84 bits per heavy atom. The highest BCUT2D eigenvalue weighted by molar-refractivity contribution is 5.87. The first-order chi connectivity index (χ1) is 24.5. The fourth-order valence-electron chi connectivity index (χ4n) is 6.57. The van der Waals surface area contributed by atoms with Crippen LogP contribution >= 0.6 is 0 Å². The molecule has 8 nitrogen and oxygen atoms in total. The van der Waals surface area contributed by atoms with Gasteiger partial charge in [-0.2, -0.15) is 0 Å². The first-order valence-corrected chi connectivity index (χ1v) is 18.5. The fourth-order valence-corrected chi connectivity index (χ4v) is 6.57. The summed E-state index contributed by atoms with van der Waals surface area (Å²) in [5.74, 6) is 0.274. The zero-order valence-corrected chi connectivity index (χ0v) is 30.9. The SMILES string of the molecule is C=C(C)C(=O)OCCCc1cc(-c2ccc(C3CCC(CCCCC)CC3)cc2F)cc(CCCOC(=O)C(=C)C)c1OCC(CO)(CO)CO. The number of esters is 2. The first-order valence-electron chi connectivity index (χ1n) is 18.5. The number of hydrogen-bond acceptors (Lipinski definition) is 8. The molecule has 0 unspecified atom stereocenters. The van der Waals surface area contributed by atoms with Crippen molar-refractivity contribution in [1.29, 1.82) is 0 Å². The minimum atomic E-state index is -1.29. The third-order valence-corrected chi connectivity index (χ3v) is 9.95. The molecule has 0 radical (unpaired) electrons. The molecule has 0 heterocycles. The minimum Gasteiger partial charge on any atom is -0.492 e. The van der Waals surface area contributed by atoms with E-state index in [2.05, 4.69) is 20.1 Å². The zero-order valence-electron chi connectivity index (χ0n) is 30.9. The van der Waals surface area contributed by atoms with Crippen LogP contribution in [0.15, 0.2) is 54.6 Å². The van der Waals surface area contributed by atoms with Gasteiger partial charge in [0.15, 0.2) is 0 Å². The number of aliphatic hydroxyl groups excluding tert-OH is 3. The summed E-state index contributed by atoms with van der Waals surface area (Å²) >= 11 is 0. The highest BCUT2D eigenvalue weighted by Crippen LogP contribution is 2.40. The molecule has 0 bridgehead atoms. The van der Waals surface area contributed by atoms with Gasteiger partial charge in [0.25, 0.3) is 0 Å². The van der Waals surface area contributed by atoms with Gasteiger partial charge in [-0.15, -0.1) is 0 Å². The van der Waals surface area contributed by atoms with Crippen molar-refractivity contribution in [2.45, 2.75) is 104 Å². The van der Waals surface area contributed by atoms with Crippen LogP contribution in [0.1, 0.15) is 108 Å². The van der Waals surface area contributed by atoms with Crippen LogP contribution in [-0.4, -0.2) is 66.9 Å². The average molecular weight is 711 g/mol. The lowest BCUT2D eigenvalue weighted by Gasteiger charge is -2.29. The average Bonchev–Trinajstić information content (AvgIpc) is 3.13. The smallest absolute Gasteiger partial charge is 0.333 e. The van der Waals surface area contributed by atoms with Crippen molar-refractivity contribution in [3.8, 4) is 16.9 Å². The van der Waals surface area contributed by atoms with E-state index in [4.69, 9.17) is 14.2 Å². The van der Waals surface area contributed by atoms with Crippen LogP contribution < -0.4 is 4.74 Å². The Morgan fingerprint density at radius 1 is 0.824 bits per heavy atom. The number of carbonyl (C=O) groups is 2. The van der Waals surface area contributed by atoms with Crippen molar-refractivity contribution in [2.24, 2.45) is 11.3 Å². The van der Waals surface area contributed by atoms with E-state index in [1.165, 1.54) is 38.5 Å². The van der Waals surface area contributed by atoms with E-state index in [0.717, 1.165) is 24.3 Å². The summed E-state index contributed by atoms with van der Waals surface area (Å²) in [5, 5.41) is 29.9. The molecule has 3 N–H and O–H groups in total. The van der Waals surface area contributed by atoms with Crippen LogP contribution in [0.25, 0.3) is 11.1 Å². The van der Waals surface area contributed by atoms with Gasteiger partial charge in [0.1, 0.15) is 18.2 Å². The molecule has 0 atom stereocenters. The van der Waals surface area contributed by atoms with E-state index in [-0.39, 0.29) is 25.6 Å². The number of unbranched alkanes of at least 4 members (excludes halogenated alkanes) is 2. The van der Waals surface area contributed by atoms with Crippen LogP contribution in [-0.2, 0) is 31.9 Å². The predicted octanol–water partition coefficient (Wildman–Crippen LogP) is 7.79. The van der Waals surface area contributed by atoms with Crippen LogP contribution in [0.2, 0.25) is 0 Å². The standard InChI is InChI=1S/C42H59FO8/c1-6-7-8-11-31-14-16-32(17-15-31)33-18-19-37(38(43)24-33)36-22-34(12-9-20-49-40(47)29(2)3)39(51-28-42(25-44,26-45)27-46)35(23-36)13-10-21-50-41(48)30(4)5/h18-19,22-24,31-32,44-46H,2,4,6-17,20-21,25-28H2,1,3,5H3. The lowest BCUT2D eigenvalue weighted by Crippen LogP contribution is -2.40. The van der Waals surface area contributed by atoms with Crippen molar-refractivity contribution < 1.29 is 43.5 Å². The summed E-state index contributed by atoms with van der Waals surface area (Å²) in [6.07, 6.45) is 11.2. The molecular weight excluding hydrogens is 651 g/mol. The minimum absolute atomic E-state index is 0.124. The van der Waals surface area contributed by atoms with Gasteiger partial charge in [0, 0.05) is 16.7 Å². The van der Waals surface area contributed by atoms with Gasteiger partial charge in [0.05, 0.1) is 38.4 Å². The van der Waals surface area contributed by atoms with Crippen LogP contribution in [0, 0.1) is 17.2 Å². The van der Waals surface area contributed by atoms with Crippen LogP contribution in [0.4, 0.5) is 4.39 Å². The van der Waals surface area contributed by atoms with Crippen molar-refractivity contribution in [3.63, 3.8) is 0 Å². The second-order valence-corrected chi connectivity index (χ2v) is 14.4. The van der Waals surface area contributed by atoms with E-state index >= 15 is 4.39 Å². The molecule has 0 saturated heterocycles. The molecule has 51 heavy (non-hydrogen) atoms. The Bertz CT molecular complexity index is 1390. The van der Waals surface area contributed by atoms with Gasteiger partial charge in [-0.05, 0) is 118 Å². The third-order valence-electron chi connectivity index (χ3n) is 9.95. The number of aliphatic hydroxyl groups is 3. The fraction of sp³-hybridized carbons (Fsp3) is 0.571. The van der Waals surface area contributed by atoms with Gasteiger partial charge >= 0.3 is 11.9 Å². The zero-order chi connectivity index (χ0) is 37.4. The quantitative estimate of drug-likeness (QED) is 0.0643. The van der Waals surface area contributed by atoms with Crippen LogP contribution in [0.3, 0.4) is 0 Å². The predicted molar refractivity (Wildman–Crippen MR) is 198 cm³/mol. The summed E-state index contributed by atoms with van der Waals surface area (Å²) in [6.45, 7) is 11.2. The Kier molecular flexibility index (Phi) is 17.3. The van der Waals surface area contributed by atoms with Gasteiger partial charge in [-0.3, -0.25) is 0 Å². The lowest BCUT2D eigenvalue weighted by atomic mass is 9.77. The monoisotopic (exact) mass is 710 g/mol. The van der Waals surface area contributed by atoms with Gasteiger partial charge in [-0.25, -0.2) is 14.0 Å². The number of ether oxygens (including phenoxy) is 3. The molecule has 282 valence electrons. The van der Waals surface area contributed by atoms with Crippen molar-refractivity contribution >= 4 is 11.9 Å². The molecule has 1 fully saturated rings. The number of hydrogen-bond donors (Lipinski definition) is 3. The highest BCUT2D eigenvalue weighted by atomic mass is 19.1. The molecule has 1 aliphatic carbocycles. The van der Waals surface area contributed by atoms with E-state index in [1.807, 2.05) is 24.3 Å². The molecule has 0 amide bonds. The second kappa shape index (κ2) is 21.1. The molecule has 2 aromatic rings. The molecular formula is C42H59FO8. The third kappa shape index (κ3) is 12.6. The second-order valence-electron chi connectivity index (χ2n) is 14.4. The van der Waals surface area contributed by atoms with Gasteiger partial charge in [-0.1, -0.05) is 57.9 Å². The summed E-state index contributed by atoms with van der Waals surface area (Å²) in [7, 11) is 0. The van der Waals surface area contributed by atoms with Gasteiger partial charge < -0.3 is 29.5 Å². The summed E-state index contributed by atoms with van der Waals surface area (Å²) < 4.78 is 33.0. The summed E-state index contributed by atoms with van der Waals surface area (Å²) in [5.41, 5.74) is 2.82. The molecule has 3 rings (SSSR count). The normalized spacial score (nSPS) is 16.1. The number of rotatable bonds is 22. The summed E-state index contributed by atoms with van der Waals surface area (Å²) in [4.78, 5) is 24.0. The van der Waals surface area contributed by atoms with E-state index in [1.54, 1.807) is 19.9 Å². The van der Waals surface area contributed by atoms with Crippen LogP contribution in [0.5, 0.6) is 5.75 Å². The maximum absolute atomic E-state index is 16.1. The van der Waals surface area contributed by atoms with Crippen molar-refractivity contribution in [3.05, 3.63) is 77.1 Å². The first kappa shape index (κ1) is 41.9. The largest absolute Gasteiger partial charge is 0.492 e. The Balaban J connectivity index is 1.95. The molecule has 9 heteroatoms. The Labute approximate surface area is 303 Å². The number of aryl methyl sites for hydroxylation is 2. The molecule has 2 aromatic carbocycles. The molecule has 1 saturated carbocycles. The maximum Gasteiger partial charge on any atom is 0.333 e. The maximum atomic E-state index is 16.1. The highest BCUT2D eigenvalue weighted by Gasteiger charge is 2.30. The van der Waals surface area contributed by atoms with Gasteiger partial charge in [0.2, 0.25) is 0 Å². The Morgan fingerprint density at radius 2 is 1.37 bits per heavy atom. The molecule has 0 aliphatic heterocycles. The molecule has 0 aromatic heterocycles. The van der Waals surface area contributed by atoms with E-state index < -0.39 is 37.2 Å². The molecule has 0 spiro atoms. The van der Waals surface area contributed by atoms with Crippen molar-refractivity contribution in [1.82, 2.24) is 0 Å². The number of carbonyl (C=O) groups excluding carboxylic acids is 2. The topological polar surface area (TPSA) is 123 Å². The molecule has 1 aliphatic rings.